The van der Waals surface area contributed by atoms with E-state index in [9.17, 15) is 4.79 Å². The van der Waals surface area contributed by atoms with Gasteiger partial charge < -0.3 is 9.42 Å². The number of carbonyl (C=O) groups excluding carboxylic acids is 1. The summed E-state index contributed by atoms with van der Waals surface area (Å²) in [5.41, 5.74) is 1.47. The third-order valence-electron chi connectivity index (χ3n) is 6.04. The molecule has 29 heavy (non-hydrogen) atoms. The average Bonchev–Trinajstić information content (AvgIpc) is 3.55. The third kappa shape index (κ3) is 3.66. The second kappa shape index (κ2) is 7.77. The van der Waals surface area contributed by atoms with Gasteiger partial charge in [0.15, 0.2) is 5.69 Å². The zero-order valence-corrected chi connectivity index (χ0v) is 16.3. The lowest BCUT2D eigenvalue weighted by atomic mass is 10.0. The SMILES string of the molecule is O=C(C1CCCC1)N1CCC(n2cc(-c3nc(-c4ccccc4)no3)nn2)CC1. The molecule has 2 fully saturated rings. The predicted molar refractivity (Wildman–Crippen MR) is 106 cm³/mol. The molecule has 0 radical (unpaired) electrons. The summed E-state index contributed by atoms with van der Waals surface area (Å²) in [5.74, 6) is 1.50. The van der Waals surface area contributed by atoms with E-state index in [0.717, 1.165) is 44.3 Å². The lowest BCUT2D eigenvalue weighted by Gasteiger charge is -2.33. The van der Waals surface area contributed by atoms with Gasteiger partial charge in [-0.1, -0.05) is 53.5 Å². The van der Waals surface area contributed by atoms with Crippen molar-refractivity contribution < 1.29 is 9.32 Å². The molecule has 1 aliphatic carbocycles. The number of carbonyl (C=O) groups is 1. The molecular weight excluding hydrogens is 368 g/mol. The van der Waals surface area contributed by atoms with Crippen molar-refractivity contribution in [3.05, 3.63) is 36.5 Å². The number of benzene rings is 1. The van der Waals surface area contributed by atoms with Crippen LogP contribution in [0.2, 0.25) is 0 Å². The summed E-state index contributed by atoms with van der Waals surface area (Å²) in [5, 5.41) is 12.5. The van der Waals surface area contributed by atoms with E-state index >= 15 is 0 Å². The molecule has 0 N–H and O–H groups in total. The summed E-state index contributed by atoms with van der Waals surface area (Å²) in [7, 11) is 0. The van der Waals surface area contributed by atoms with Crippen LogP contribution in [0.4, 0.5) is 0 Å². The number of hydrogen-bond acceptors (Lipinski definition) is 6. The largest absolute Gasteiger partial charge is 0.342 e. The fourth-order valence-corrected chi connectivity index (χ4v) is 4.37. The normalized spacial score (nSPS) is 18.4. The Bertz CT molecular complexity index is 968. The van der Waals surface area contributed by atoms with Gasteiger partial charge in [0, 0.05) is 24.6 Å². The van der Waals surface area contributed by atoms with E-state index in [1.807, 2.05) is 46.1 Å². The first kappa shape index (κ1) is 18.0. The quantitative estimate of drug-likeness (QED) is 0.676. The average molecular weight is 392 g/mol. The Labute approximate surface area is 168 Å². The fraction of sp³-hybridized carbons (Fsp3) is 0.476. The lowest BCUT2D eigenvalue weighted by Crippen LogP contribution is -2.41. The van der Waals surface area contributed by atoms with Crippen molar-refractivity contribution in [3.63, 3.8) is 0 Å². The first-order valence-electron chi connectivity index (χ1n) is 10.4. The molecule has 0 atom stereocenters. The summed E-state index contributed by atoms with van der Waals surface area (Å²) >= 11 is 0. The van der Waals surface area contributed by atoms with Gasteiger partial charge in [0.1, 0.15) is 0 Å². The Balaban J connectivity index is 1.23. The van der Waals surface area contributed by atoms with E-state index in [0.29, 0.717) is 23.3 Å². The van der Waals surface area contributed by atoms with Gasteiger partial charge in [0.2, 0.25) is 11.7 Å². The van der Waals surface area contributed by atoms with Crippen LogP contribution in [-0.2, 0) is 4.79 Å². The molecule has 1 amide bonds. The molecule has 1 saturated heterocycles. The number of rotatable bonds is 4. The Kier molecular flexibility index (Phi) is 4.83. The summed E-state index contributed by atoms with van der Waals surface area (Å²) in [6.07, 6.45) is 8.13. The van der Waals surface area contributed by atoms with Gasteiger partial charge in [-0.25, -0.2) is 4.68 Å². The standard InChI is InChI=1S/C21H24N6O2/c28-21(16-8-4-5-9-16)26-12-10-17(11-13-26)27-14-18(23-25-27)20-22-19(24-29-20)15-6-2-1-3-7-15/h1-3,6-7,14,16-17H,4-5,8-13H2. The van der Waals surface area contributed by atoms with Crippen molar-refractivity contribution in [2.24, 2.45) is 5.92 Å². The van der Waals surface area contributed by atoms with Crippen molar-refractivity contribution in [1.82, 2.24) is 30.0 Å². The molecule has 2 aromatic heterocycles. The van der Waals surface area contributed by atoms with Gasteiger partial charge in [0.05, 0.1) is 12.2 Å². The highest BCUT2D eigenvalue weighted by Gasteiger charge is 2.31. The minimum Gasteiger partial charge on any atom is -0.342 e. The van der Waals surface area contributed by atoms with Crippen molar-refractivity contribution in [3.8, 4) is 23.0 Å². The Morgan fingerprint density at radius 2 is 1.79 bits per heavy atom. The second-order valence-electron chi connectivity index (χ2n) is 7.91. The lowest BCUT2D eigenvalue weighted by molar-refractivity contribution is -0.136. The van der Waals surface area contributed by atoms with Crippen LogP contribution in [0, 0.1) is 5.92 Å². The molecule has 3 aromatic rings. The zero-order chi connectivity index (χ0) is 19.6. The van der Waals surface area contributed by atoms with Crippen LogP contribution in [-0.4, -0.2) is 49.0 Å². The second-order valence-corrected chi connectivity index (χ2v) is 7.91. The first-order valence-corrected chi connectivity index (χ1v) is 10.4. The molecule has 8 nitrogen and oxygen atoms in total. The molecule has 0 bridgehead atoms. The minimum absolute atomic E-state index is 0.236. The Hall–Kier alpha value is -3.03. The monoisotopic (exact) mass is 392 g/mol. The summed E-state index contributed by atoms with van der Waals surface area (Å²) in [6, 6.07) is 9.93. The van der Waals surface area contributed by atoms with Gasteiger partial charge in [-0.05, 0) is 25.7 Å². The minimum atomic E-state index is 0.236. The zero-order valence-electron chi connectivity index (χ0n) is 16.3. The molecule has 1 aromatic carbocycles. The number of likely N-dealkylation sites (tertiary alicyclic amines) is 1. The maximum Gasteiger partial charge on any atom is 0.280 e. The number of hydrogen-bond donors (Lipinski definition) is 0. The number of piperidine rings is 1. The number of nitrogens with zero attached hydrogens (tertiary/aromatic N) is 6. The van der Waals surface area contributed by atoms with E-state index < -0.39 is 0 Å². The Morgan fingerprint density at radius 1 is 1.03 bits per heavy atom. The van der Waals surface area contributed by atoms with Crippen molar-refractivity contribution >= 4 is 5.91 Å². The van der Waals surface area contributed by atoms with Crippen LogP contribution in [0.1, 0.15) is 44.6 Å². The summed E-state index contributed by atoms with van der Waals surface area (Å²) in [4.78, 5) is 19.1. The molecule has 0 spiro atoms. The van der Waals surface area contributed by atoms with Gasteiger partial charge in [-0.2, -0.15) is 4.98 Å². The van der Waals surface area contributed by atoms with E-state index in [1.54, 1.807) is 0 Å². The van der Waals surface area contributed by atoms with Crippen LogP contribution < -0.4 is 0 Å². The van der Waals surface area contributed by atoms with E-state index in [2.05, 4.69) is 20.5 Å². The topological polar surface area (TPSA) is 89.9 Å². The molecule has 0 unspecified atom stereocenters. The first-order chi connectivity index (χ1) is 14.3. The van der Waals surface area contributed by atoms with Gasteiger partial charge >= 0.3 is 0 Å². The highest BCUT2D eigenvalue weighted by atomic mass is 16.5. The van der Waals surface area contributed by atoms with E-state index in [4.69, 9.17) is 4.52 Å². The van der Waals surface area contributed by atoms with Crippen molar-refractivity contribution in [2.75, 3.05) is 13.1 Å². The summed E-state index contributed by atoms with van der Waals surface area (Å²) < 4.78 is 7.26. The Morgan fingerprint density at radius 3 is 2.55 bits per heavy atom. The molecule has 5 rings (SSSR count). The van der Waals surface area contributed by atoms with E-state index in [-0.39, 0.29) is 12.0 Å². The van der Waals surface area contributed by atoms with Crippen molar-refractivity contribution in [1.29, 1.82) is 0 Å². The molecular formula is C21H24N6O2. The van der Waals surface area contributed by atoms with Gasteiger partial charge in [-0.3, -0.25) is 4.79 Å². The van der Waals surface area contributed by atoms with Gasteiger partial charge in [0.25, 0.3) is 5.89 Å². The highest BCUT2D eigenvalue weighted by molar-refractivity contribution is 5.79. The number of aromatic nitrogens is 5. The van der Waals surface area contributed by atoms with Gasteiger partial charge in [-0.15, -0.1) is 5.10 Å². The third-order valence-corrected chi connectivity index (χ3v) is 6.04. The van der Waals surface area contributed by atoms with Crippen LogP contribution >= 0.6 is 0 Å². The highest BCUT2D eigenvalue weighted by Crippen LogP contribution is 2.30. The van der Waals surface area contributed by atoms with Crippen LogP contribution in [0.15, 0.2) is 41.1 Å². The van der Waals surface area contributed by atoms with Crippen LogP contribution in [0.3, 0.4) is 0 Å². The maximum atomic E-state index is 12.6. The number of amides is 1. The smallest absolute Gasteiger partial charge is 0.280 e. The molecule has 150 valence electrons. The fourth-order valence-electron chi connectivity index (χ4n) is 4.37. The maximum absolute atomic E-state index is 12.6. The van der Waals surface area contributed by atoms with Crippen LogP contribution in [0.5, 0.6) is 0 Å². The summed E-state index contributed by atoms with van der Waals surface area (Å²) in [6.45, 7) is 1.57. The molecule has 1 saturated carbocycles. The molecule has 8 heteroatoms. The molecule has 2 aliphatic rings. The van der Waals surface area contributed by atoms with E-state index in [1.165, 1.54) is 12.8 Å². The molecule has 1 aliphatic heterocycles. The van der Waals surface area contributed by atoms with Crippen molar-refractivity contribution in [2.45, 2.75) is 44.6 Å². The molecule has 3 heterocycles. The van der Waals surface area contributed by atoms with Crippen LogP contribution in [0.25, 0.3) is 23.0 Å². The predicted octanol–water partition coefficient (Wildman–Crippen LogP) is 3.35.